The van der Waals surface area contributed by atoms with E-state index >= 15 is 0 Å². The molecule has 0 radical (unpaired) electrons. The van der Waals surface area contributed by atoms with Gasteiger partial charge >= 0.3 is 0 Å². The monoisotopic (exact) mass is 249 g/mol. The molecule has 1 fully saturated rings. The minimum absolute atomic E-state index is 0.0127. The average molecular weight is 249 g/mol. The Labute approximate surface area is 107 Å². The first-order valence-electron chi connectivity index (χ1n) is 6.20. The number of ether oxygens (including phenoxy) is 2. The van der Waals surface area contributed by atoms with Crippen LogP contribution in [0.15, 0.2) is 18.3 Å². The number of amidine groups is 1. The van der Waals surface area contributed by atoms with Crippen molar-refractivity contribution in [3.05, 3.63) is 29.6 Å². The predicted molar refractivity (Wildman–Crippen MR) is 68.5 cm³/mol. The Morgan fingerprint density at radius 1 is 1.50 bits per heavy atom. The molecule has 0 aromatic carbocycles. The van der Waals surface area contributed by atoms with E-state index in [9.17, 15) is 0 Å². The smallest absolute Gasteiger partial charge is 0.141 e. The molecule has 1 saturated heterocycles. The van der Waals surface area contributed by atoms with Gasteiger partial charge in [-0.1, -0.05) is 0 Å². The van der Waals surface area contributed by atoms with E-state index in [4.69, 9.17) is 20.6 Å². The van der Waals surface area contributed by atoms with Gasteiger partial charge in [0.1, 0.15) is 11.5 Å². The second-order valence-corrected chi connectivity index (χ2v) is 4.53. The molecular formula is C13H19N3O2. The summed E-state index contributed by atoms with van der Waals surface area (Å²) in [6, 6.07) is 3.68. The van der Waals surface area contributed by atoms with Gasteiger partial charge in [0.15, 0.2) is 0 Å². The van der Waals surface area contributed by atoms with Crippen molar-refractivity contribution < 1.29 is 9.47 Å². The first-order valence-corrected chi connectivity index (χ1v) is 6.20. The fraction of sp³-hybridized carbons (Fsp3) is 0.538. The van der Waals surface area contributed by atoms with E-state index in [2.05, 4.69) is 4.98 Å². The molecule has 1 aromatic heterocycles. The second-order valence-electron chi connectivity index (χ2n) is 4.53. The number of nitrogens with two attached hydrogens (primary N) is 1. The van der Waals surface area contributed by atoms with Crippen LogP contribution in [0.5, 0.6) is 0 Å². The van der Waals surface area contributed by atoms with Crippen LogP contribution in [0.4, 0.5) is 0 Å². The van der Waals surface area contributed by atoms with Gasteiger partial charge in [0.2, 0.25) is 0 Å². The predicted octanol–water partition coefficient (Wildman–Crippen LogP) is 1.31. The summed E-state index contributed by atoms with van der Waals surface area (Å²) in [6.45, 7) is 3.00. The summed E-state index contributed by atoms with van der Waals surface area (Å²) >= 11 is 0. The van der Waals surface area contributed by atoms with E-state index in [1.165, 1.54) is 0 Å². The quantitative estimate of drug-likeness (QED) is 0.609. The highest BCUT2D eigenvalue weighted by atomic mass is 16.5. The molecule has 1 aromatic rings. The molecule has 1 aliphatic heterocycles. The summed E-state index contributed by atoms with van der Waals surface area (Å²) < 4.78 is 11.0. The lowest BCUT2D eigenvalue weighted by atomic mass is 10.0. The number of hydrogen-bond donors (Lipinski definition) is 2. The Morgan fingerprint density at radius 2 is 2.28 bits per heavy atom. The summed E-state index contributed by atoms with van der Waals surface area (Å²) in [6.07, 6.45) is 3.81. The molecule has 0 bridgehead atoms. The fourth-order valence-electron chi connectivity index (χ4n) is 1.97. The van der Waals surface area contributed by atoms with Gasteiger partial charge in [-0.15, -0.1) is 0 Å². The molecule has 0 aliphatic carbocycles. The molecule has 5 nitrogen and oxygen atoms in total. The third kappa shape index (κ3) is 3.78. The standard InChI is InChI=1S/C13H19N3O2/c14-13(15)12-7-11(1-4-16-12)9-18-8-10-2-5-17-6-3-10/h1,4,7,10H,2-3,5-6,8-9H2,(H3,14,15). The SMILES string of the molecule is N=C(N)c1cc(COCC2CCOCC2)ccn1. The minimum atomic E-state index is -0.0127. The summed E-state index contributed by atoms with van der Waals surface area (Å²) in [7, 11) is 0. The van der Waals surface area contributed by atoms with E-state index in [-0.39, 0.29) is 5.84 Å². The summed E-state index contributed by atoms with van der Waals surface area (Å²) in [5.41, 5.74) is 6.90. The molecule has 0 atom stereocenters. The van der Waals surface area contributed by atoms with Gasteiger partial charge in [-0.2, -0.15) is 0 Å². The Morgan fingerprint density at radius 3 is 3.00 bits per heavy atom. The van der Waals surface area contributed by atoms with Crippen molar-refractivity contribution in [1.82, 2.24) is 4.98 Å². The van der Waals surface area contributed by atoms with Crippen LogP contribution in [-0.2, 0) is 16.1 Å². The van der Waals surface area contributed by atoms with Gasteiger partial charge in [0, 0.05) is 19.4 Å². The molecular weight excluding hydrogens is 230 g/mol. The molecule has 0 spiro atoms. The Bertz CT molecular complexity index is 403. The van der Waals surface area contributed by atoms with E-state index in [0.717, 1.165) is 38.2 Å². The van der Waals surface area contributed by atoms with Crippen molar-refractivity contribution in [3.63, 3.8) is 0 Å². The third-order valence-electron chi connectivity index (χ3n) is 3.06. The number of nitrogens with zero attached hydrogens (tertiary/aromatic N) is 1. The van der Waals surface area contributed by atoms with Crippen LogP contribution in [0, 0.1) is 11.3 Å². The van der Waals surface area contributed by atoms with Crippen LogP contribution < -0.4 is 5.73 Å². The Balaban J connectivity index is 1.78. The molecule has 1 aliphatic rings. The van der Waals surface area contributed by atoms with Crippen LogP contribution in [0.1, 0.15) is 24.1 Å². The van der Waals surface area contributed by atoms with Crippen molar-refractivity contribution in [2.75, 3.05) is 19.8 Å². The third-order valence-corrected chi connectivity index (χ3v) is 3.06. The highest BCUT2D eigenvalue weighted by Crippen LogP contribution is 2.15. The van der Waals surface area contributed by atoms with Crippen molar-refractivity contribution >= 4 is 5.84 Å². The number of aromatic nitrogens is 1. The molecule has 2 heterocycles. The number of nitrogen functional groups attached to an aromatic ring is 1. The number of rotatable bonds is 5. The molecule has 2 rings (SSSR count). The van der Waals surface area contributed by atoms with E-state index in [1.807, 2.05) is 6.07 Å². The Hall–Kier alpha value is -1.46. The van der Waals surface area contributed by atoms with Gasteiger partial charge in [0.25, 0.3) is 0 Å². The van der Waals surface area contributed by atoms with Gasteiger partial charge in [-0.25, -0.2) is 0 Å². The highest BCUT2D eigenvalue weighted by molar-refractivity contribution is 5.93. The van der Waals surface area contributed by atoms with Crippen molar-refractivity contribution in [2.45, 2.75) is 19.4 Å². The maximum Gasteiger partial charge on any atom is 0.141 e. The van der Waals surface area contributed by atoms with E-state index in [0.29, 0.717) is 18.2 Å². The molecule has 0 amide bonds. The summed E-state index contributed by atoms with van der Waals surface area (Å²) in [5.74, 6) is 0.592. The lowest BCUT2D eigenvalue weighted by molar-refractivity contribution is 0.0157. The molecule has 3 N–H and O–H groups in total. The van der Waals surface area contributed by atoms with Gasteiger partial charge in [-0.3, -0.25) is 10.4 Å². The summed E-state index contributed by atoms with van der Waals surface area (Å²) in [5, 5.41) is 7.33. The lowest BCUT2D eigenvalue weighted by Crippen LogP contribution is -2.20. The van der Waals surface area contributed by atoms with Gasteiger partial charge < -0.3 is 15.2 Å². The second kappa shape index (κ2) is 6.47. The number of pyridine rings is 1. The topological polar surface area (TPSA) is 81.2 Å². The van der Waals surface area contributed by atoms with Crippen LogP contribution in [0.2, 0.25) is 0 Å². The van der Waals surface area contributed by atoms with Crippen LogP contribution in [0.25, 0.3) is 0 Å². The molecule has 0 saturated carbocycles. The molecule has 0 unspecified atom stereocenters. The fourth-order valence-corrected chi connectivity index (χ4v) is 1.97. The van der Waals surface area contributed by atoms with Crippen LogP contribution in [-0.4, -0.2) is 30.6 Å². The van der Waals surface area contributed by atoms with E-state index < -0.39 is 0 Å². The van der Waals surface area contributed by atoms with Crippen molar-refractivity contribution in [1.29, 1.82) is 5.41 Å². The first-order chi connectivity index (χ1) is 8.75. The highest BCUT2D eigenvalue weighted by Gasteiger charge is 2.13. The van der Waals surface area contributed by atoms with Crippen molar-refractivity contribution in [2.24, 2.45) is 11.7 Å². The molecule has 18 heavy (non-hydrogen) atoms. The van der Waals surface area contributed by atoms with E-state index in [1.54, 1.807) is 12.3 Å². The zero-order valence-electron chi connectivity index (χ0n) is 10.4. The number of hydrogen-bond acceptors (Lipinski definition) is 4. The number of nitrogens with one attached hydrogen (secondary N) is 1. The maximum absolute atomic E-state index is 7.33. The van der Waals surface area contributed by atoms with Gasteiger partial charge in [0.05, 0.1) is 13.2 Å². The van der Waals surface area contributed by atoms with Crippen molar-refractivity contribution in [3.8, 4) is 0 Å². The van der Waals surface area contributed by atoms with Crippen LogP contribution >= 0.6 is 0 Å². The first kappa shape index (κ1) is 13.0. The van der Waals surface area contributed by atoms with Gasteiger partial charge in [-0.05, 0) is 36.5 Å². The minimum Gasteiger partial charge on any atom is -0.382 e. The lowest BCUT2D eigenvalue weighted by Gasteiger charge is -2.21. The molecule has 5 heteroatoms. The van der Waals surface area contributed by atoms with Crippen LogP contribution in [0.3, 0.4) is 0 Å². The summed E-state index contributed by atoms with van der Waals surface area (Å²) in [4.78, 5) is 4.02. The maximum atomic E-state index is 7.33. The zero-order valence-corrected chi connectivity index (χ0v) is 10.4. The zero-order chi connectivity index (χ0) is 12.8. The normalized spacial score (nSPS) is 16.7. The largest absolute Gasteiger partial charge is 0.382 e. The average Bonchev–Trinajstić information content (AvgIpc) is 2.40. The Kier molecular flexibility index (Phi) is 4.66. The molecule has 98 valence electrons.